The molecule has 3 aromatic rings. The van der Waals surface area contributed by atoms with Crippen LogP contribution in [-0.2, 0) is 0 Å². The number of anilines is 1. The van der Waals surface area contributed by atoms with E-state index in [1.165, 1.54) is 11.3 Å². The maximum atomic E-state index is 12.4. The van der Waals surface area contributed by atoms with E-state index in [1.807, 2.05) is 47.8 Å². The lowest BCUT2D eigenvalue weighted by atomic mass is 10.1. The van der Waals surface area contributed by atoms with Crippen LogP contribution in [0.1, 0.15) is 15.9 Å². The number of nitrogens with one attached hydrogen (secondary N) is 1. The van der Waals surface area contributed by atoms with Crippen LogP contribution in [0.5, 0.6) is 0 Å². The van der Waals surface area contributed by atoms with Crippen LogP contribution in [0.2, 0.25) is 0 Å². The molecule has 0 radical (unpaired) electrons. The van der Waals surface area contributed by atoms with Crippen LogP contribution >= 0.6 is 27.3 Å². The number of carbonyl (C=O) groups excluding carboxylic acids is 1. The van der Waals surface area contributed by atoms with Crippen molar-refractivity contribution >= 4 is 50.2 Å². The van der Waals surface area contributed by atoms with Gasteiger partial charge in [0.05, 0.1) is 11.3 Å². The highest BCUT2D eigenvalue weighted by Gasteiger charge is 2.11. The Morgan fingerprint density at radius 3 is 2.70 bits per heavy atom. The first-order valence-corrected chi connectivity index (χ1v) is 8.49. The fraction of sp³-hybridized carbons (Fsp3) is 0. The number of rotatable bonds is 4. The molecule has 0 bridgehead atoms. The second-order valence-corrected chi connectivity index (χ2v) is 6.43. The first-order valence-electron chi connectivity index (χ1n) is 6.82. The lowest BCUT2D eigenvalue weighted by Gasteiger charge is -2.05. The molecule has 0 atom stereocenters. The Kier molecular flexibility index (Phi) is 4.95. The molecule has 6 heteroatoms. The topological polar surface area (TPSA) is 54.4 Å². The van der Waals surface area contributed by atoms with Crippen molar-refractivity contribution in [3.8, 4) is 0 Å². The van der Waals surface area contributed by atoms with Crippen molar-refractivity contribution in [2.45, 2.75) is 0 Å². The van der Waals surface area contributed by atoms with Gasteiger partial charge in [-0.3, -0.25) is 15.1 Å². The minimum Gasteiger partial charge on any atom is -0.298 e. The fourth-order valence-electron chi connectivity index (χ4n) is 1.92. The summed E-state index contributed by atoms with van der Waals surface area (Å²) in [6, 6.07) is 15.0. The van der Waals surface area contributed by atoms with E-state index in [4.69, 9.17) is 0 Å². The lowest BCUT2D eigenvalue weighted by molar-refractivity contribution is 0.102. The van der Waals surface area contributed by atoms with Gasteiger partial charge in [0.1, 0.15) is 0 Å². The first kappa shape index (κ1) is 15.6. The zero-order valence-corrected chi connectivity index (χ0v) is 14.3. The molecule has 1 aromatic heterocycles. The second kappa shape index (κ2) is 7.30. The van der Waals surface area contributed by atoms with Crippen LogP contribution in [-0.4, -0.2) is 17.1 Å². The predicted octanol–water partition coefficient (Wildman–Crippen LogP) is 4.91. The minimum absolute atomic E-state index is 0.219. The van der Waals surface area contributed by atoms with Crippen LogP contribution in [0.3, 0.4) is 0 Å². The van der Waals surface area contributed by atoms with Crippen LogP contribution in [0.25, 0.3) is 0 Å². The van der Waals surface area contributed by atoms with E-state index in [-0.39, 0.29) is 5.91 Å². The van der Waals surface area contributed by atoms with E-state index in [9.17, 15) is 4.79 Å². The molecular weight excluding hydrogens is 374 g/mol. The summed E-state index contributed by atoms with van der Waals surface area (Å²) in [7, 11) is 0. The Morgan fingerprint density at radius 2 is 1.96 bits per heavy atom. The molecule has 0 spiro atoms. The van der Waals surface area contributed by atoms with Gasteiger partial charge in [-0.25, -0.2) is 4.98 Å². The maximum Gasteiger partial charge on any atom is 0.259 e. The molecule has 3 rings (SSSR count). The first-order chi connectivity index (χ1) is 11.2. The maximum absolute atomic E-state index is 12.4. The predicted molar refractivity (Wildman–Crippen MR) is 97.9 cm³/mol. The van der Waals surface area contributed by atoms with E-state index in [2.05, 4.69) is 31.2 Å². The molecule has 0 aliphatic carbocycles. The van der Waals surface area contributed by atoms with Gasteiger partial charge in [-0.15, -0.1) is 11.3 Å². The Morgan fingerprint density at radius 1 is 1.17 bits per heavy atom. The molecule has 114 valence electrons. The number of aromatic nitrogens is 1. The SMILES string of the molecule is O=C(Nc1nccs1)c1ccccc1N=Cc1ccc(Br)cc1. The number of nitrogens with zero attached hydrogens (tertiary/aromatic N) is 2. The van der Waals surface area contributed by atoms with Gasteiger partial charge in [-0.1, -0.05) is 40.2 Å². The third-order valence-corrected chi connectivity index (χ3v) is 4.24. The Balaban J connectivity index is 1.82. The molecule has 0 saturated heterocycles. The molecule has 1 N–H and O–H groups in total. The summed E-state index contributed by atoms with van der Waals surface area (Å²) in [5.41, 5.74) is 2.09. The van der Waals surface area contributed by atoms with Crippen molar-refractivity contribution < 1.29 is 4.79 Å². The number of para-hydroxylation sites is 1. The number of carbonyl (C=O) groups is 1. The number of halogens is 1. The Hall–Kier alpha value is -2.31. The molecule has 2 aromatic carbocycles. The van der Waals surface area contributed by atoms with Crippen molar-refractivity contribution in [1.82, 2.24) is 4.98 Å². The molecule has 0 aliphatic heterocycles. The summed E-state index contributed by atoms with van der Waals surface area (Å²) < 4.78 is 1.01. The van der Waals surface area contributed by atoms with Gasteiger partial charge in [0.15, 0.2) is 5.13 Å². The number of benzene rings is 2. The van der Waals surface area contributed by atoms with Gasteiger partial charge in [0, 0.05) is 22.3 Å². The highest BCUT2D eigenvalue weighted by Crippen LogP contribution is 2.21. The minimum atomic E-state index is -0.219. The zero-order valence-electron chi connectivity index (χ0n) is 11.9. The third-order valence-electron chi connectivity index (χ3n) is 3.02. The van der Waals surface area contributed by atoms with E-state index >= 15 is 0 Å². The molecule has 0 aliphatic rings. The summed E-state index contributed by atoms with van der Waals surface area (Å²) in [4.78, 5) is 20.9. The second-order valence-electron chi connectivity index (χ2n) is 4.62. The summed E-state index contributed by atoms with van der Waals surface area (Å²) in [6.07, 6.45) is 3.39. The van der Waals surface area contributed by atoms with Crippen molar-refractivity contribution in [2.75, 3.05) is 5.32 Å². The number of hydrogen-bond acceptors (Lipinski definition) is 4. The van der Waals surface area contributed by atoms with E-state index < -0.39 is 0 Å². The molecule has 0 fully saturated rings. The van der Waals surface area contributed by atoms with Crippen molar-refractivity contribution in [3.63, 3.8) is 0 Å². The van der Waals surface area contributed by atoms with Crippen molar-refractivity contribution in [2.24, 2.45) is 4.99 Å². The number of hydrogen-bond donors (Lipinski definition) is 1. The lowest BCUT2D eigenvalue weighted by Crippen LogP contribution is -2.11. The molecule has 0 unspecified atom stereocenters. The standard InChI is InChI=1S/C17H12BrN3OS/c18-13-7-5-12(6-8-13)11-20-15-4-2-1-3-14(15)16(22)21-17-19-9-10-23-17/h1-11H,(H,19,21,22). The number of thiazole rings is 1. The van der Waals surface area contributed by atoms with Crippen LogP contribution in [0, 0.1) is 0 Å². The zero-order chi connectivity index (χ0) is 16.1. The third kappa shape index (κ3) is 4.12. The monoisotopic (exact) mass is 385 g/mol. The Bertz CT molecular complexity index is 829. The van der Waals surface area contributed by atoms with Crippen molar-refractivity contribution in [3.05, 3.63) is 75.7 Å². The molecule has 1 heterocycles. The smallest absolute Gasteiger partial charge is 0.259 e. The molecule has 0 saturated carbocycles. The van der Waals surface area contributed by atoms with Gasteiger partial charge < -0.3 is 0 Å². The average molecular weight is 386 g/mol. The largest absolute Gasteiger partial charge is 0.298 e. The summed E-state index contributed by atoms with van der Waals surface area (Å²) in [6.45, 7) is 0. The highest BCUT2D eigenvalue weighted by atomic mass is 79.9. The summed E-state index contributed by atoms with van der Waals surface area (Å²) in [5.74, 6) is -0.219. The highest BCUT2D eigenvalue weighted by molar-refractivity contribution is 9.10. The van der Waals surface area contributed by atoms with Gasteiger partial charge in [0.2, 0.25) is 0 Å². The molecule has 4 nitrogen and oxygen atoms in total. The van der Waals surface area contributed by atoms with Crippen LogP contribution < -0.4 is 5.32 Å². The van der Waals surface area contributed by atoms with Crippen molar-refractivity contribution in [1.29, 1.82) is 0 Å². The van der Waals surface area contributed by atoms with Crippen LogP contribution in [0.4, 0.5) is 10.8 Å². The number of amides is 1. The summed E-state index contributed by atoms with van der Waals surface area (Å²) in [5, 5.41) is 5.16. The Labute approximate surface area is 146 Å². The van der Waals surface area contributed by atoms with Gasteiger partial charge in [-0.2, -0.15) is 0 Å². The molecular formula is C17H12BrN3OS. The molecule has 23 heavy (non-hydrogen) atoms. The number of aliphatic imine (C=N–C) groups is 1. The average Bonchev–Trinajstić information content (AvgIpc) is 3.07. The van der Waals surface area contributed by atoms with Gasteiger partial charge >= 0.3 is 0 Å². The summed E-state index contributed by atoms with van der Waals surface area (Å²) >= 11 is 4.78. The van der Waals surface area contributed by atoms with Gasteiger partial charge in [0.25, 0.3) is 5.91 Å². The van der Waals surface area contributed by atoms with E-state index in [0.29, 0.717) is 16.4 Å². The van der Waals surface area contributed by atoms with E-state index in [1.54, 1.807) is 18.5 Å². The quantitative estimate of drug-likeness (QED) is 0.648. The normalized spacial score (nSPS) is 10.8. The van der Waals surface area contributed by atoms with Gasteiger partial charge in [-0.05, 0) is 29.8 Å². The van der Waals surface area contributed by atoms with E-state index in [0.717, 1.165) is 10.0 Å². The fourth-order valence-corrected chi connectivity index (χ4v) is 2.71. The molecule has 1 amide bonds. The van der Waals surface area contributed by atoms with Crippen LogP contribution in [0.15, 0.2) is 69.6 Å².